The smallest absolute Gasteiger partial charge is 0.324 e. The van der Waals surface area contributed by atoms with E-state index in [4.69, 9.17) is 21.3 Å². The summed E-state index contributed by atoms with van der Waals surface area (Å²) < 4.78 is 7.25. The zero-order valence-electron chi connectivity index (χ0n) is 14.2. The van der Waals surface area contributed by atoms with E-state index in [0.717, 1.165) is 0 Å². The Morgan fingerprint density at radius 2 is 2.15 bits per heavy atom. The highest BCUT2D eigenvalue weighted by Crippen LogP contribution is 2.31. The lowest BCUT2D eigenvalue weighted by molar-refractivity contribution is -0.137. The maximum atomic E-state index is 10.6. The minimum absolute atomic E-state index is 0.205. The lowest BCUT2D eigenvalue weighted by Gasteiger charge is -2.16. The van der Waals surface area contributed by atoms with Crippen LogP contribution in [0.25, 0.3) is 11.2 Å². The molecule has 12 nitrogen and oxygen atoms in total. The van der Waals surface area contributed by atoms with Gasteiger partial charge in [-0.05, 0) is 0 Å². The Kier molecular flexibility index (Phi) is 5.62. The number of aliphatic hydroxyl groups is 2. The van der Waals surface area contributed by atoms with Gasteiger partial charge in [0, 0.05) is 13.1 Å². The summed E-state index contributed by atoms with van der Waals surface area (Å²) in [5.74, 6) is -0.917. The van der Waals surface area contributed by atoms with Gasteiger partial charge in [0.05, 0.1) is 6.33 Å². The minimum atomic E-state index is -1.19. The summed E-state index contributed by atoms with van der Waals surface area (Å²) in [6.07, 6.45) is 1.71. The fourth-order valence-electron chi connectivity index (χ4n) is 2.79. The van der Waals surface area contributed by atoms with Crippen molar-refractivity contribution in [1.29, 1.82) is 0 Å². The predicted molar refractivity (Wildman–Crippen MR) is 93.3 cm³/mol. The van der Waals surface area contributed by atoms with Crippen molar-refractivity contribution >= 4 is 23.0 Å². The number of aromatic nitrogens is 4. The van der Waals surface area contributed by atoms with Crippen LogP contribution in [0.15, 0.2) is 24.8 Å². The summed E-state index contributed by atoms with van der Waals surface area (Å²) >= 11 is 0. The first kappa shape index (κ1) is 19.1. The van der Waals surface area contributed by atoms with Gasteiger partial charge < -0.3 is 36.8 Å². The monoisotopic (exact) mass is 379 g/mol. The van der Waals surface area contributed by atoms with Crippen molar-refractivity contribution in [2.45, 2.75) is 30.6 Å². The number of hydrogen-bond acceptors (Lipinski definition) is 10. The van der Waals surface area contributed by atoms with Crippen LogP contribution in [-0.4, -0.2) is 78.3 Å². The molecule has 0 bridgehead atoms. The summed E-state index contributed by atoms with van der Waals surface area (Å²) in [5, 5.41) is 32.3. The van der Waals surface area contributed by atoms with E-state index < -0.39 is 36.6 Å². The number of aliphatic hydroxyl groups excluding tert-OH is 2. The molecule has 1 saturated heterocycles. The number of ether oxygens (including phenoxy) is 1. The minimum Gasteiger partial charge on any atom is -0.480 e. The van der Waals surface area contributed by atoms with Gasteiger partial charge in [0.25, 0.3) is 0 Å². The maximum Gasteiger partial charge on any atom is 0.324 e. The van der Waals surface area contributed by atoms with Crippen LogP contribution in [0.2, 0.25) is 0 Å². The van der Waals surface area contributed by atoms with Crippen LogP contribution < -0.4 is 16.8 Å². The van der Waals surface area contributed by atoms with E-state index >= 15 is 0 Å². The largest absolute Gasteiger partial charge is 0.480 e. The first-order valence-electron chi connectivity index (χ1n) is 8.20. The average Bonchev–Trinajstić information content (AvgIpc) is 3.18. The molecule has 0 radical (unpaired) electrons. The molecule has 3 rings (SSSR count). The van der Waals surface area contributed by atoms with E-state index in [-0.39, 0.29) is 12.4 Å². The lowest BCUT2D eigenvalue weighted by Crippen LogP contribution is -2.37. The molecular formula is C15H21N7O5. The number of nitrogens with zero attached hydrogens (tertiary/aromatic N) is 4. The highest BCUT2D eigenvalue weighted by molar-refractivity contribution is 5.81. The Bertz CT molecular complexity index is 841. The first-order valence-corrected chi connectivity index (χ1v) is 8.20. The predicted octanol–water partition coefficient (Wildman–Crippen LogP) is -2.41. The van der Waals surface area contributed by atoms with Crippen LogP contribution in [0.3, 0.4) is 0 Å². The van der Waals surface area contributed by atoms with Crippen molar-refractivity contribution < 1.29 is 24.9 Å². The van der Waals surface area contributed by atoms with Gasteiger partial charge in [-0.15, -0.1) is 0 Å². The molecule has 0 aliphatic carbocycles. The summed E-state index contributed by atoms with van der Waals surface area (Å²) in [6, 6.07) is -1.07. The number of nitrogens with one attached hydrogen (secondary N) is 1. The number of aliphatic carboxylic acids is 1. The number of carboxylic acids is 1. The fourth-order valence-corrected chi connectivity index (χ4v) is 2.79. The Hall–Kier alpha value is -2.64. The summed E-state index contributed by atoms with van der Waals surface area (Å²) in [6.45, 7) is 0.553. The molecule has 2 aromatic heterocycles. The van der Waals surface area contributed by atoms with E-state index in [0.29, 0.717) is 17.7 Å². The molecule has 1 aliphatic rings. The Morgan fingerprint density at radius 1 is 1.37 bits per heavy atom. The standard InChI is InChI=1S/C15H21N7O5/c16-7(15(25)26)2-1-3-18-4-8-10(23)11(24)14(27-8)22-6-21-9-12(17)19-5-20-13(9)22/h1-2,5-8,10-11,14,18,23-24H,3-4,16H2,(H,25,26)(H2,17,19,20)/b2-1+/t7?,8-,10-,11-,14-/m1/s1. The van der Waals surface area contributed by atoms with E-state index in [9.17, 15) is 15.0 Å². The highest BCUT2D eigenvalue weighted by atomic mass is 16.6. The highest BCUT2D eigenvalue weighted by Gasteiger charge is 2.44. The Balaban J connectivity index is 1.62. The van der Waals surface area contributed by atoms with Crippen LogP contribution in [-0.2, 0) is 9.53 Å². The number of hydrogen-bond donors (Lipinski definition) is 6. The quantitative estimate of drug-likeness (QED) is 0.221. The van der Waals surface area contributed by atoms with Gasteiger partial charge >= 0.3 is 5.97 Å². The van der Waals surface area contributed by atoms with Gasteiger partial charge in [0.1, 0.15) is 36.2 Å². The van der Waals surface area contributed by atoms with Gasteiger partial charge in [-0.1, -0.05) is 12.2 Å². The molecular weight excluding hydrogens is 358 g/mol. The average molecular weight is 379 g/mol. The second-order valence-electron chi connectivity index (χ2n) is 6.08. The van der Waals surface area contributed by atoms with Gasteiger partial charge in [-0.3, -0.25) is 9.36 Å². The molecule has 1 fully saturated rings. The summed E-state index contributed by atoms with van der Waals surface area (Å²) in [7, 11) is 0. The molecule has 0 amide bonds. The summed E-state index contributed by atoms with van der Waals surface area (Å²) in [4.78, 5) is 22.7. The number of carbonyl (C=O) groups is 1. The third-order valence-electron chi connectivity index (χ3n) is 4.23. The lowest BCUT2D eigenvalue weighted by atomic mass is 10.1. The van der Waals surface area contributed by atoms with Crippen molar-refractivity contribution in [3.05, 3.63) is 24.8 Å². The molecule has 2 aromatic rings. The van der Waals surface area contributed by atoms with Crippen LogP contribution in [0.5, 0.6) is 0 Å². The number of imidazole rings is 1. The Morgan fingerprint density at radius 3 is 2.89 bits per heavy atom. The summed E-state index contributed by atoms with van der Waals surface area (Å²) in [5.41, 5.74) is 11.9. The van der Waals surface area contributed by atoms with Gasteiger partial charge in [0.15, 0.2) is 17.7 Å². The molecule has 146 valence electrons. The van der Waals surface area contributed by atoms with Crippen molar-refractivity contribution in [3.63, 3.8) is 0 Å². The van der Waals surface area contributed by atoms with E-state index in [1.54, 1.807) is 6.08 Å². The number of nitrogens with two attached hydrogens (primary N) is 2. The zero-order chi connectivity index (χ0) is 19.6. The van der Waals surface area contributed by atoms with Crippen LogP contribution >= 0.6 is 0 Å². The number of carboxylic acid groups (broad SMARTS) is 1. The van der Waals surface area contributed by atoms with Crippen LogP contribution in [0, 0.1) is 0 Å². The molecule has 0 saturated carbocycles. The van der Waals surface area contributed by atoms with Crippen molar-refractivity contribution in [2.24, 2.45) is 5.73 Å². The first-order chi connectivity index (χ1) is 12.9. The van der Waals surface area contributed by atoms with Crippen molar-refractivity contribution in [2.75, 3.05) is 18.8 Å². The third kappa shape index (κ3) is 3.89. The van der Waals surface area contributed by atoms with Crippen molar-refractivity contribution in [3.8, 4) is 0 Å². The van der Waals surface area contributed by atoms with Crippen molar-refractivity contribution in [1.82, 2.24) is 24.8 Å². The molecule has 27 heavy (non-hydrogen) atoms. The van der Waals surface area contributed by atoms with Gasteiger partial charge in [0.2, 0.25) is 0 Å². The second kappa shape index (κ2) is 7.94. The molecule has 0 spiro atoms. The van der Waals surface area contributed by atoms with E-state index in [1.165, 1.54) is 23.3 Å². The molecule has 1 aliphatic heterocycles. The number of rotatable bonds is 7. The normalized spacial score (nSPS) is 26.8. The van der Waals surface area contributed by atoms with E-state index in [1.807, 2.05) is 0 Å². The molecule has 0 aromatic carbocycles. The van der Waals surface area contributed by atoms with Gasteiger partial charge in [-0.2, -0.15) is 0 Å². The SMILES string of the molecule is Nc1ncnc2c1ncn2[C@@H]1O[C@H](CNC/C=C/C(N)C(=O)O)[C@@H](O)[C@H]1O. The maximum absolute atomic E-state index is 10.6. The van der Waals surface area contributed by atoms with Crippen LogP contribution in [0.1, 0.15) is 6.23 Å². The van der Waals surface area contributed by atoms with E-state index in [2.05, 4.69) is 20.3 Å². The third-order valence-corrected chi connectivity index (χ3v) is 4.23. The topological polar surface area (TPSA) is 195 Å². The number of anilines is 1. The zero-order valence-corrected chi connectivity index (χ0v) is 14.2. The number of fused-ring (bicyclic) bond motifs is 1. The Labute approximate surface area is 153 Å². The molecule has 5 atom stereocenters. The second-order valence-corrected chi connectivity index (χ2v) is 6.08. The molecule has 1 unspecified atom stereocenters. The molecule has 3 heterocycles. The number of nitrogen functional groups attached to an aromatic ring is 1. The van der Waals surface area contributed by atoms with Gasteiger partial charge in [-0.25, -0.2) is 15.0 Å². The molecule has 12 heteroatoms. The van der Waals surface area contributed by atoms with Crippen LogP contribution in [0.4, 0.5) is 5.82 Å². The molecule has 8 N–H and O–H groups in total. The fraction of sp³-hybridized carbons (Fsp3) is 0.467.